The fraction of sp³-hybridized carbons (Fsp3) is 0.727. The first-order valence-electron chi connectivity index (χ1n) is 10.7. The molecule has 0 radical (unpaired) electrons. The van der Waals surface area contributed by atoms with Gasteiger partial charge in [-0.3, -0.25) is 0 Å². The van der Waals surface area contributed by atoms with E-state index in [9.17, 15) is 0 Å². The Morgan fingerprint density at radius 3 is 2.04 bits per heavy atom. The average Bonchev–Trinajstić information content (AvgIpc) is 2.70. The molecule has 0 bridgehead atoms. The molecule has 0 aliphatic rings. The second-order valence-corrected chi connectivity index (χ2v) is 7.86. The smallest absolute Gasteiger partial charge is 0.155 e. The molecule has 0 aliphatic heterocycles. The molecule has 1 aromatic carbocycles. The molecular weight excluding hydrogens is 357 g/mol. The Morgan fingerprint density at radius 2 is 1.41 bits per heavy atom. The summed E-state index contributed by atoms with van der Waals surface area (Å²) in [6.45, 7) is 3.92. The van der Waals surface area contributed by atoms with E-state index in [1.165, 1.54) is 64.2 Å². The lowest BCUT2D eigenvalue weighted by Crippen LogP contribution is -2.28. The topological polar surface area (TPSA) is 53.7 Å². The molecule has 27 heavy (non-hydrogen) atoms. The third kappa shape index (κ3) is 16.2. The molecule has 2 N–H and O–H groups in total. The van der Waals surface area contributed by atoms with Crippen LogP contribution in [0.15, 0.2) is 30.3 Å². The summed E-state index contributed by atoms with van der Waals surface area (Å²) in [5.74, 6) is 0. The van der Waals surface area contributed by atoms with E-state index >= 15 is 0 Å². The Hall–Kier alpha value is -0.510. The Bertz CT molecular complexity index is 419. The number of unbranched alkanes of at least 4 members (excludes halogenated alkanes) is 10. The van der Waals surface area contributed by atoms with Gasteiger partial charge in [-0.15, -0.1) is 0 Å². The highest BCUT2D eigenvalue weighted by molar-refractivity contribution is 7.26. The second-order valence-electron chi connectivity index (χ2n) is 7.11. The van der Waals surface area contributed by atoms with Crippen molar-refractivity contribution < 1.29 is 13.8 Å². The first-order chi connectivity index (χ1) is 13.3. The van der Waals surface area contributed by atoms with Gasteiger partial charge in [0.05, 0.1) is 19.8 Å². The summed E-state index contributed by atoms with van der Waals surface area (Å²) in [6, 6.07) is 10.0. The van der Waals surface area contributed by atoms with Crippen molar-refractivity contribution in [2.45, 2.75) is 90.4 Å². The normalized spacial score (nSPS) is 12.8. The molecule has 2 unspecified atom stereocenters. The van der Waals surface area contributed by atoms with Crippen LogP contribution in [0.1, 0.15) is 83.1 Å². The number of ether oxygens (including phenoxy) is 1. The van der Waals surface area contributed by atoms with Crippen LogP contribution in [0.4, 0.5) is 0 Å². The van der Waals surface area contributed by atoms with Crippen molar-refractivity contribution in [3.8, 4) is 0 Å². The van der Waals surface area contributed by atoms with Gasteiger partial charge in [0.1, 0.15) is 6.23 Å². The van der Waals surface area contributed by atoms with Crippen LogP contribution in [-0.4, -0.2) is 19.4 Å². The summed E-state index contributed by atoms with van der Waals surface area (Å²) < 4.78 is 16.5. The van der Waals surface area contributed by atoms with E-state index in [0.29, 0.717) is 13.2 Å². The lowest BCUT2D eigenvalue weighted by Gasteiger charge is -2.13. The zero-order chi connectivity index (χ0) is 19.4. The summed E-state index contributed by atoms with van der Waals surface area (Å²) in [5, 5.41) is 0. The second kappa shape index (κ2) is 18.8. The Labute approximate surface area is 168 Å². The van der Waals surface area contributed by atoms with Crippen molar-refractivity contribution in [3.63, 3.8) is 0 Å². The van der Waals surface area contributed by atoms with Crippen molar-refractivity contribution >= 4 is 9.03 Å². The van der Waals surface area contributed by atoms with Crippen molar-refractivity contribution in [1.82, 2.24) is 0 Å². The first-order valence-corrected chi connectivity index (χ1v) is 11.5. The molecule has 1 aromatic rings. The van der Waals surface area contributed by atoms with Crippen LogP contribution in [0.3, 0.4) is 0 Å². The minimum atomic E-state index is -0.414. The van der Waals surface area contributed by atoms with Crippen molar-refractivity contribution in [1.29, 1.82) is 0 Å². The predicted molar refractivity (Wildman–Crippen MR) is 116 cm³/mol. The maximum absolute atomic E-state index is 5.88. The molecule has 5 heteroatoms. The van der Waals surface area contributed by atoms with Crippen molar-refractivity contribution in [3.05, 3.63) is 35.9 Å². The lowest BCUT2D eigenvalue weighted by atomic mass is 10.1. The zero-order valence-electron chi connectivity index (χ0n) is 17.2. The fourth-order valence-corrected chi connectivity index (χ4v) is 3.41. The highest BCUT2D eigenvalue weighted by Crippen LogP contribution is 2.16. The fourth-order valence-electron chi connectivity index (χ4n) is 2.86. The van der Waals surface area contributed by atoms with Crippen LogP contribution < -0.4 is 5.73 Å². The summed E-state index contributed by atoms with van der Waals surface area (Å²) in [4.78, 5) is 0. The number of hydrogen-bond donors (Lipinski definition) is 1. The van der Waals surface area contributed by atoms with Gasteiger partial charge < -0.3 is 19.5 Å². The van der Waals surface area contributed by atoms with Gasteiger partial charge in [0.15, 0.2) is 9.03 Å². The van der Waals surface area contributed by atoms with Gasteiger partial charge in [-0.1, -0.05) is 101 Å². The van der Waals surface area contributed by atoms with E-state index < -0.39 is 6.23 Å². The minimum Gasteiger partial charge on any atom is -0.356 e. The van der Waals surface area contributed by atoms with Gasteiger partial charge in [0.25, 0.3) is 0 Å². The maximum Gasteiger partial charge on any atom is 0.155 e. The average molecular weight is 398 g/mol. The molecule has 0 amide bonds. The van der Waals surface area contributed by atoms with Crippen molar-refractivity contribution in [2.75, 3.05) is 13.2 Å². The van der Waals surface area contributed by atoms with E-state index in [1.807, 2.05) is 30.3 Å². The van der Waals surface area contributed by atoms with Crippen LogP contribution in [0.5, 0.6) is 0 Å². The molecule has 0 aromatic heterocycles. The van der Waals surface area contributed by atoms with Crippen LogP contribution >= 0.6 is 9.03 Å². The highest BCUT2D eigenvalue weighted by atomic mass is 31.1. The molecule has 0 fully saturated rings. The van der Waals surface area contributed by atoms with Gasteiger partial charge >= 0.3 is 0 Å². The zero-order valence-corrected chi connectivity index (χ0v) is 18.2. The highest BCUT2D eigenvalue weighted by Gasteiger charge is 2.03. The quantitative estimate of drug-likeness (QED) is 0.168. The summed E-state index contributed by atoms with van der Waals surface area (Å²) in [7, 11) is 0.0476. The summed E-state index contributed by atoms with van der Waals surface area (Å²) in [5.41, 5.74) is 6.99. The molecule has 0 heterocycles. The number of rotatable bonds is 19. The van der Waals surface area contributed by atoms with E-state index in [4.69, 9.17) is 19.5 Å². The molecule has 0 spiro atoms. The largest absolute Gasteiger partial charge is 0.356 e. The van der Waals surface area contributed by atoms with E-state index in [2.05, 4.69) is 6.92 Å². The molecule has 4 nitrogen and oxygen atoms in total. The number of benzene rings is 1. The van der Waals surface area contributed by atoms with Gasteiger partial charge in [0, 0.05) is 0 Å². The Morgan fingerprint density at radius 1 is 0.815 bits per heavy atom. The maximum atomic E-state index is 5.88. The molecule has 0 saturated carbocycles. The molecule has 156 valence electrons. The van der Waals surface area contributed by atoms with Crippen LogP contribution in [-0.2, 0) is 20.4 Å². The van der Waals surface area contributed by atoms with Crippen molar-refractivity contribution in [2.24, 2.45) is 5.73 Å². The van der Waals surface area contributed by atoms with Gasteiger partial charge in [-0.2, -0.15) is 0 Å². The standard InChI is InChI=1S/C22H40NO3P/c1-2-3-4-5-6-7-8-9-10-11-15-18-25-27-26-20-22(23)24-19-21-16-13-12-14-17-21/h12-14,16-17,22,27H,2-11,15,18-20,23H2,1H3. The molecule has 1 rings (SSSR count). The Balaban J connectivity index is 1.76. The molecular formula is C22H40NO3P. The minimum absolute atomic E-state index is 0.0476. The lowest BCUT2D eigenvalue weighted by molar-refractivity contribution is 0.0143. The molecule has 0 aliphatic carbocycles. The number of hydrogen-bond acceptors (Lipinski definition) is 4. The molecule has 2 atom stereocenters. The van der Waals surface area contributed by atoms with E-state index in [-0.39, 0.29) is 9.03 Å². The third-order valence-corrected chi connectivity index (χ3v) is 5.13. The SMILES string of the molecule is CCCCCCCCCCCCCOPOCC(N)OCc1ccccc1. The summed E-state index contributed by atoms with van der Waals surface area (Å²) in [6.07, 6.45) is 14.4. The van der Waals surface area contributed by atoms with E-state index in [0.717, 1.165) is 18.6 Å². The monoisotopic (exact) mass is 397 g/mol. The Kier molecular flexibility index (Phi) is 17.1. The van der Waals surface area contributed by atoms with Gasteiger partial charge in [-0.25, -0.2) is 0 Å². The summed E-state index contributed by atoms with van der Waals surface area (Å²) >= 11 is 0. The van der Waals surface area contributed by atoms with Crippen LogP contribution in [0.25, 0.3) is 0 Å². The number of nitrogens with two attached hydrogens (primary N) is 1. The van der Waals surface area contributed by atoms with Crippen LogP contribution in [0.2, 0.25) is 0 Å². The molecule has 0 saturated heterocycles. The van der Waals surface area contributed by atoms with Gasteiger partial charge in [-0.05, 0) is 12.0 Å². The van der Waals surface area contributed by atoms with Gasteiger partial charge in [0.2, 0.25) is 0 Å². The first kappa shape index (κ1) is 24.5. The predicted octanol–water partition coefficient (Wildman–Crippen LogP) is 6.34. The van der Waals surface area contributed by atoms with E-state index in [1.54, 1.807) is 0 Å². The third-order valence-electron chi connectivity index (χ3n) is 4.52. The van der Waals surface area contributed by atoms with Crippen LogP contribution in [0, 0.1) is 0 Å².